The van der Waals surface area contributed by atoms with Gasteiger partial charge in [-0.3, -0.25) is 4.98 Å². The molecule has 0 fully saturated rings. The van der Waals surface area contributed by atoms with E-state index < -0.39 is 0 Å². The molecule has 0 unspecified atom stereocenters. The number of phenolic OH excluding ortho intramolecular Hbond substituents is 1. The summed E-state index contributed by atoms with van der Waals surface area (Å²) in [6.45, 7) is 2.11. The van der Waals surface area contributed by atoms with E-state index in [9.17, 15) is 10.3 Å². The maximum Gasteiger partial charge on any atom is 0.170 e. The molecule has 0 radical (unpaired) electrons. The Hall–Kier alpha value is -2.86. The van der Waals surface area contributed by atoms with Crippen LogP contribution in [0.25, 0.3) is 21.6 Å². The van der Waals surface area contributed by atoms with Gasteiger partial charge in [-0.2, -0.15) is 0 Å². The number of amidine groups is 1. The first-order valence-electron chi connectivity index (χ1n) is 7.97. The highest BCUT2D eigenvalue weighted by Gasteiger charge is 2.18. The van der Waals surface area contributed by atoms with Crippen LogP contribution < -0.4 is 5.73 Å². The summed E-state index contributed by atoms with van der Waals surface area (Å²) in [4.78, 5) is 5.11. The van der Waals surface area contributed by atoms with E-state index in [0.717, 1.165) is 40.0 Å². The number of rotatable bonds is 5. The van der Waals surface area contributed by atoms with E-state index in [2.05, 4.69) is 23.1 Å². The van der Waals surface area contributed by atoms with Gasteiger partial charge in [0.25, 0.3) is 0 Å². The molecule has 0 saturated heterocycles. The van der Waals surface area contributed by atoms with Crippen molar-refractivity contribution in [1.29, 1.82) is 0 Å². The lowest BCUT2D eigenvalue weighted by molar-refractivity contribution is 0.318. The molecule has 5 nitrogen and oxygen atoms in total. The topological polar surface area (TPSA) is 91.7 Å². The summed E-state index contributed by atoms with van der Waals surface area (Å²) >= 11 is 1.50. The average Bonchev–Trinajstić information content (AvgIpc) is 3.15. The molecule has 4 N–H and O–H groups in total. The molecule has 0 saturated carbocycles. The third kappa shape index (κ3) is 3.49. The van der Waals surface area contributed by atoms with Crippen LogP contribution in [0.4, 0.5) is 0 Å². The van der Waals surface area contributed by atoms with Gasteiger partial charge in [-0.25, -0.2) is 0 Å². The highest BCUT2D eigenvalue weighted by molar-refractivity contribution is 7.13. The molecule has 1 aromatic heterocycles. The van der Waals surface area contributed by atoms with Gasteiger partial charge in [0, 0.05) is 17.3 Å². The van der Waals surface area contributed by atoms with Crippen molar-refractivity contribution in [2.45, 2.75) is 19.8 Å². The second-order valence-electron chi connectivity index (χ2n) is 5.71. The molecule has 0 aliphatic rings. The van der Waals surface area contributed by atoms with E-state index in [0.29, 0.717) is 5.56 Å². The predicted octanol–water partition coefficient (Wildman–Crippen LogP) is 4.23. The Morgan fingerprint density at radius 1 is 1.24 bits per heavy atom. The molecule has 0 bridgehead atoms. The highest BCUT2D eigenvalue weighted by Crippen LogP contribution is 2.38. The lowest BCUT2D eigenvalue weighted by Gasteiger charge is -2.16. The normalized spacial score (nSPS) is 11.6. The van der Waals surface area contributed by atoms with E-state index >= 15 is 0 Å². The molecule has 3 rings (SSSR count). The highest BCUT2D eigenvalue weighted by atomic mass is 32.1. The van der Waals surface area contributed by atoms with E-state index in [1.807, 2.05) is 18.2 Å². The van der Waals surface area contributed by atoms with Gasteiger partial charge in [-0.1, -0.05) is 36.7 Å². The van der Waals surface area contributed by atoms with Gasteiger partial charge in [0.2, 0.25) is 0 Å². The number of aryl methyl sites for hydroxylation is 1. The van der Waals surface area contributed by atoms with E-state index in [1.165, 1.54) is 11.3 Å². The second-order valence-corrected chi connectivity index (χ2v) is 6.60. The zero-order chi connectivity index (χ0) is 17.8. The fraction of sp³-hybridized carbons (Fsp3) is 0.158. The standard InChI is InChI=1S/C19H19N3O2S/c1-2-3-12-8-15(13-4-6-14(23)7-5-13)18(17-10-21-11-25-17)16(9-12)19(20)22-24/h4-11,23-24H,2-3H2,1H3,(H2,20,22). The van der Waals surface area contributed by atoms with Gasteiger partial charge in [-0.15, -0.1) is 11.3 Å². The fourth-order valence-corrected chi connectivity index (χ4v) is 3.56. The summed E-state index contributed by atoms with van der Waals surface area (Å²) in [5, 5.41) is 22.1. The minimum Gasteiger partial charge on any atom is -0.508 e. The number of benzene rings is 2. The predicted molar refractivity (Wildman–Crippen MR) is 101 cm³/mol. The first kappa shape index (κ1) is 17.0. The van der Waals surface area contributed by atoms with Crippen LogP contribution in [0.3, 0.4) is 0 Å². The van der Waals surface area contributed by atoms with Crippen LogP contribution in [0.5, 0.6) is 5.75 Å². The van der Waals surface area contributed by atoms with Crippen LogP contribution in [0.15, 0.2) is 53.3 Å². The second kappa shape index (κ2) is 7.36. The van der Waals surface area contributed by atoms with E-state index in [-0.39, 0.29) is 11.6 Å². The number of phenols is 1. The van der Waals surface area contributed by atoms with Crippen molar-refractivity contribution in [2.75, 3.05) is 0 Å². The molecule has 0 atom stereocenters. The van der Waals surface area contributed by atoms with Gasteiger partial charge in [0.15, 0.2) is 5.84 Å². The van der Waals surface area contributed by atoms with Crippen molar-refractivity contribution in [1.82, 2.24) is 4.98 Å². The van der Waals surface area contributed by atoms with Crippen molar-refractivity contribution in [3.8, 4) is 27.3 Å². The van der Waals surface area contributed by atoms with Crippen LogP contribution in [0, 0.1) is 0 Å². The summed E-state index contributed by atoms with van der Waals surface area (Å²) in [5.74, 6) is 0.283. The van der Waals surface area contributed by atoms with Crippen molar-refractivity contribution in [3.63, 3.8) is 0 Å². The molecule has 3 aromatic rings. The van der Waals surface area contributed by atoms with Crippen LogP contribution in [0.1, 0.15) is 24.5 Å². The molecule has 0 amide bonds. The van der Waals surface area contributed by atoms with E-state index in [4.69, 9.17) is 5.73 Å². The number of aromatic hydroxyl groups is 1. The van der Waals surface area contributed by atoms with Crippen molar-refractivity contribution in [3.05, 3.63) is 59.2 Å². The Kier molecular flexibility index (Phi) is 5.00. The first-order valence-corrected chi connectivity index (χ1v) is 8.85. The summed E-state index contributed by atoms with van der Waals surface area (Å²) in [5.41, 5.74) is 12.3. The lowest BCUT2D eigenvalue weighted by Crippen LogP contribution is -2.15. The molecule has 6 heteroatoms. The molecule has 2 aromatic carbocycles. The number of oxime groups is 1. The molecule has 0 aliphatic heterocycles. The molecular formula is C19H19N3O2S. The Labute approximate surface area is 150 Å². The third-order valence-electron chi connectivity index (χ3n) is 3.98. The van der Waals surface area contributed by atoms with Gasteiger partial charge < -0.3 is 16.0 Å². The van der Waals surface area contributed by atoms with Crippen molar-refractivity contribution >= 4 is 17.2 Å². The minimum absolute atomic E-state index is 0.0707. The lowest BCUT2D eigenvalue weighted by atomic mass is 9.90. The summed E-state index contributed by atoms with van der Waals surface area (Å²) in [6, 6.07) is 11.1. The monoisotopic (exact) mass is 353 g/mol. The molecule has 128 valence electrons. The molecule has 0 aliphatic carbocycles. The van der Waals surface area contributed by atoms with E-state index in [1.54, 1.807) is 23.8 Å². The van der Waals surface area contributed by atoms with Crippen LogP contribution in [0.2, 0.25) is 0 Å². The Morgan fingerprint density at radius 3 is 2.60 bits per heavy atom. The third-order valence-corrected chi connectivity index (χ3v) is 4.77. The Morgan fingerprint density at radius 2 is 2.00 bits per heavy atom. The number of aromatic nitrogens is 1. The largest absolute Gasteiger partial charge is 0.508 e. The fourth-order valence-electron chi connectivity index (χ4n) is 2.86. The maximum absolute atomic E-state index is 9.60. The van der Waals surface area contributed by atoms with Crippen molar-refractivity contribution < 1.29 is 10.3 Å². The summed E-state index contributed by atoms with van der Waals surface area (Å²) < 4.78 is 0. The summed E-state index contributed by atoms with van der Waals surface area (Å²) in [6.07, 6.45) is 3.65. The molecule has 1 heterocycles. The van der Waals surface area contributed by atoms with Gasteiger partial charge in [-0.05, 0) is 41.3 Å². The smallest absolute Gasteiger partial charge is 0.170 e. The average molecular weight is 353 g/mol. The number of nitrogens with zero attached hydrogens (tertiary/aromatic N) is 2. The van der Waals surface area contributed by atoms with Crippen molar-refractivity contribution in [2.24, 2.45) is 10.9 Å². The Bertz CT molecular complexity index is 888. The minimum atomic E-state index is 0.0707. The van der Waals surface area contributed by atoms with Gasteiger partial charge in [0.1, 0.15) is 5.75 Å². The zero-order valence-electron chi connectivity index (χ0n) is 13.8. The number of hydrogen-bond donors (Lipinski definition) is 3. The van der Waals surface area contributed by atoms with Crippen LogP contribution in [-0.2, 0) is 6.42 Å². The number of hydrogen-bond acceptors (Lipinski definition) is 5. The first-order chi connectivity index (χ1) is 12.1. The van der Waals surface area contributed by atoms with Gasteiger partial charge >= 0.3 is 0 Å². The maximum atomic E-state index is 9.60. The van der Waals surface area contributed by atoms with Crippen LogP contribution in [-0.4, -0.2) is 21.1 Å². The number of thiazole rings is 1. The number of nitrogens with two attached hydrogens (primary N) is 1. The molecule has 25 heavy (non-hydrogen) atoms. The molecule has 0 spiro atoms. The zero-order valence-corrected chi connectivity index (χ0v) is 14.6. The SMILES string of the molecule is CCCc1cc(C(N)=NO)c(-c2cncs2)c(-c2ccc(O)cc2)c1. The molecular weight excluding hydrogens is 334 g/mol. The Balaban J connectivity index is 2.33. The van der Waals surface area contributed by atoms with Crippen LogP contribution >= 0.6 is 11.3 Å². The summed E-state index contributed by atoms with van der Waals surface area (Å²) in [7, 11) is 0. The van der Waals surface area contributed by atoms with Gasteiger partial charge in [0.05, 0.1) is 10.4 Å². The quantitative estimate of drug-likeness (QED) is 0.277.